The summed E-state index contributed by atoms with van der Waals surface area (Å²) < 4.78 is 7.97. The zero-order valence-corrected chi connectivity index (χ0v) is 17.9. The van der Waals surface area contributed by atoms with Gasteiger partial charge in [0.1, 0.15) is 24.3 Å². The van der Waals surface area contributed by atoms with Crippen LogP contribution in [0.1, 0.15) is 43.6 Å². The lowest BCUT2D eigenvalue weighted by atomic mass is 9.49. The normalized spacial score (nSPS) is 21.5. The molecular formula is C22H22ClN5O2. The summed E-state index contributed by atoms with van der Waals surface area (Å²) in [5, 5.41) is 20.4. The number of carbonyl (C=O) groups is 1. The monoisotopic (exact) mass is 423 g/mol. The van der Waals surface area contributed by atoms with Gasteiger partial charge >= 0.3 is 0 Å². The number of rotatable bonds is 4. The number of fused-ring (bicyclic) bond motifs is 1. The SMILES string of the molecule is CC1(C)C(NC(=O)c2ccc3nncn3c2)C(C)(C)C1Oc1ccc(C#N)c(Cl)c1. The number of aromatic nitrogens is 3. The van der Waals surface area contributed by atoms with E-state index in [2.05, 4.69) is 43.2 Å². The Bertz CT molecular complexity index is 1160. The van der Waals surface area contributed by atoms with Gasteiger partial charge in [-0.3, -0.25) is 9.20 Å². The maximum Gasteiger partial charge on any atom is 0.253 e. The summed E-state index contributed by atoms with van der Waals surface area (Å²) in [6.45, 7) is 8.29. The van der Waals surface area contributed by atoms with Crippen LogP contribution in [0.15, 0.2) is 42.9 Å². The minimum atomic E-state index is -0.319. The third-order valence-electron chi connectivity index (χ3n) is 5.98. The molecule has 1 saturated carbocycles. The van der Waals surface area contributed by atoms with E-state index in [4.69, 9.17) is 21.6 Å². The smallest absolute Gasteiger partial charge is 0.253 e. The molecule has 1 aliphatic carbocycles. The van der Waals surface area contributed by atoms with Crippen LogP contribution in [0.4, 0.5) is 0 Å². The zero-order valence-electron chi connectivity index (χ0n) is 17.2. The third-order valence-corrected chi connectivity index (χ3v) is 6.30. The van der Waals surface area contributed by atoms with E-state index >= 15 is 0 Å². The summed E-state index contributed by atoms with van der Waals surface area (Å²) in [7, 11) is 0. The minimum absolute atomic E-state index is 0.104. The first-order valence-electron chi connectivity index (χ1n) is 9.61. The van der Waals surface area contributed by atoms with Crippen LogP contribution in [0.25, 0.3) is 5.65 Å². The van der Waals surface area contributed by atoms with Crippen LogP contribution in [-0.4, -0.2) is 32.7 Å². The van der Waals surface area contributed by atoms with Gasteiger partial charge in [-0.2, -0.15) is 5.26 Å². The van der Waals surface area contributed by atoms with E-state index in [1.807, 2.05) is 6.07 Å². The molecule has 0 atom stereocenters. The van der Waals surface area contributed by atoms with Crippen molar-refractivity contribution in [1.82, 2.24) is 19.9 Å². The van der Waals surface area contributed by atoms with Gasteiger partial charge in [0.25, 0.3) is 5.91 Å². The van der Waals surface area contributed by atoms with E-state index in [0.717, 1.165) is 0 Å². The van der Waals surface area contributed by atoms with Crippen LogP contribution in [0.3, 0.4) is 0 Å². The van der Waals surface area contributed by atoms with Gasteiger partial charge in [-0.25, -0.2) is 0 Å². The van der Waals surface area contributed by atoms with Crippen molar-refractivity contribution >= 4 is 23.2 Å². The molecule has 0 saturated heterocycles. The van der Waals surface area contributed by atoms with Crippen molar-refractivity contribution in [2.24, 2.45) is 10.8 Å². The highest BCUT2D eigenvalue weighted by Crippen LogP contribution is 2.55. The molecule has 1 aliphatic rings. The number of halogens is 1. The summed E-state index contributed by atoms with van der Waals surface area (Å²) in [6.07, 6.45) is 3.13. The summed E-state index contributed by atoms with van der Waals surface area (Å²) in [6, 6.07) is 10.5. The number of nitriles is 1. The number of pyridine rings is 1. The minimum Gasteiger partial charge on any atom is -0.489 e. The molecule has 0 radical (unpaired) electrons. The van der Waals surface area contributed by atoms with Gasteiger partial charge in [-0.15, -0.1) is 10.2 Å². The molecule has 1 aromatic carbocycles. The van der Waals surface area contributed by atoms with Crippen molar-refractivity contribution in [2.45, 2.75) is 39.8 Å². The summed E-state index contributed by atoms with van der Waals surface area (Å²) in [5.41, 5.74) is 0.995. The van der Waals surface area contributed by atoms with Crippen molar-refractivity contribution in [1.29, 1.82) is 5.26 Å². The predicted molar refractivity (Wildman–Crippen MR) is 112 cm³/mol. The second-order valence-electron chi connectivity index (χ2n) is 8.81. The lowest BCUT2D eigenvalue weighted by Crippen LogP contribution is -2.74. The van der Waals surface area contributed by atoms with Crippen LogP contribution in [-0.2, 0) is 0 Å². The van der Waals surface area contributed by atoms with Crippen molar-refractivity contribution in [2.75, 3.05) is 0 Å². The standard InChI is InChI=1S/C22H22ClN5O2/c1-21(2)19(26-18(29)14-6-8-17-27-25-12-28(17)11-14)22(3,4)20(21)30-15-7-5-13(10-24)16(23)9-15/h5-9,11-12,19-20H,1-4H3,(H,26,29). The maximum atomic E-state index is 12.9. The van der Waals surface area contributed by atoms with Gasteiger partial charge in [0.2, 0.25) is 0 Å². The van der Waals surface area contributed by atoms with E-state index in [-0.39, 0.29) is 28.9 Å². The number of nitrogens with zero attached hydrogens (tertiary/aromatic N) is 4. The van der Waals surface area contributed by atoms with Gasteiger partial charge in [-0.1, -0.05) is 39.3 Å². The number of benzene rings is 1. The second kappa shape index (κ2) is 6.99. The van der Waals surface area contributed by atoms with Crippen molar-refractivity contribution in [3.63, 3.8) is 0 Å². The van der Waals surface area contributed by atoms with Crippen LogP contribution in [0.5, 0.6) is 5.75 Å². The Morgan fingerprint density at radius 2 is 1.97 bits per heavy atom. The first-order valence-corrected chi connectivity index (χ1v) is 9.99. The zero-order chi connectivity index (χ0) is 21.7. The Labute approximate surface area is 179 Å². The third kappa shape index (κ3) is 3.17. The van der Waals surface area contributed by atoms with Crippen molar-refractivity contribution in [3.05, 3.63) is 59.0 Å². The molecule has 1 N–H and O–H groups in total. The van der Waals surface area contributed by atoms with Crippen LogP contribution >= 0.6 is 11.6 Å². The highest BCUT2D eigenvalue weighted by Gasteiger charge is 2.64. The lowest BCUT2D eigenvalue weighted by Gasteiger charge is -2.63. The van der Waals surface area contributed by atoms with E-state index < -0.39 is 0 Å². The number of hydrogen-bond acceptors (Lipinski definition) is 5. The molecule has 2 heterocycles. The number of nitrogens with one attached hydrogen (secondary N) is 1. The topological polar surface area (TPSA) is 92.3 Å². The van der Waals surface area contributed by atoms with Crippen LogP contribution < -0.4 is 10.1 Å². The highest BCUT2D eigenvalue weighted by molar-refractivity contribution is 6.31. The van der Waals surface area contributed by atoms with Gasteiger partial charge in [0, 0.05) is 29.1 Å². The largest absolute Gasteiger partial charge is 0.489 e. The van der Waals surface area contributed by atoms with E-state index in [0.29, 0.717) is 27.5 Å². The molecule has 7 nitrogen and oxygen atoms in total. The maximum absolute atomic E-state index is 12.9. The van der Waals surface area contributed by atoms with Crippen molar-refractivity contribution < 1.29 is 9.53 Å². The molecule has 0 bridgehead atoms. The first kappa shape index (κ1) is 20.2. The molecule has 0 spiro atoms. The molecule has 4 rings (SSSR count). The fourth-order valence-corrected chi connectivity index (χ4v) is 4.98. The van der Waals surface area contributed by atoms with Crippen molar-refractivity contribution in [3.8, 4) is 11.8 Å². The van der Waals surface area contributed by atoms with Gasteiger partial charge in [-0.05, 0) is 24.3 Å². The molecule has 0 unspecified atom stereocenters. The summed E-state index contributed by atoms with van der Waals surface area (Å²) in [4.78, 5) is 12.9. The highest BCUT2D eigenvalue weighted by atomic mass is 35.5. The number of carbonyl (C=O) groups excluding carboxylic acids is 1. The van der Waals surface area contributed by atoms with Gasteiger partial charge in [0.05, 0.1) is 16.1 Å². The lowest BCUT2D eigenvalue weighted by molar-refractivity contribution is -0.164. The molecule has 154 valence electrons. The Kier molecular flexibility index (Phi) is 4.70. The second-order valence-corrected chi connectivity index (χ2v) is 9.22. The van der Waals surface area contributed by atoms with E-state index in [1.54, 1.807) is 47.3 Å². The molecule has 1 fully saturated rings. The first-order chi connectivity index (χ1) is 14.1. The fraction of sp³-hybridized carbons (Fsp3) is 0.364. The molecule has 2 aromatic heterocycles. The quantitative estimate of drug-likeness (QED) is 0.687. The molecule has 3 aromatic rings. The van der Waals surface area contributed by atoms with E-state index in [1.165, 1.54) is 0 Å². The average molecular weight is 424 g/mol. The molecule has 8 heteroatoms. The Morgan fingerprint density at radius 3 is 2.63 bits per heavy atom. The predicted octanol–water partition coefficient (Wildman–Crippen LogP) is 3.87. The number of hydrogen-bond donors (Lipinski definition) is 1. The molecule has 0 aliphatic heterocycles. The van der Waals surface area contributed by atoms with Crippen LogP contribution in [0, 0.1) is 22.2 Å². The molecular weight excluding hydrogens is 402 g/mol. The van der Waals surface area contributed by atoms with Gasteiger partial charge in [0.15, 0.2) is 5.65 Å². The van der Waals surface area contributed by atoms with Gasteiger partial charge < -0.3 is 10.1 Å². The Hall–Kier alpha value is -3.11. The molecule has 1 amide bonds. The van der Waals surface area contributed by atoms with E-state index in [9.17, 15) is 4.79 Å². The summed E-state index contributed by atoms with van der Waals surface area (Å²) in [5.74, 6) is 0.449. The molecule has 30 heavy (non-hydrogen) atoms. The fourth-order valence-electron chi connectivity index (χ4n) is 4.77. The Morgan fingerprint density at radius 1 is 1.23 bits per heavy atom. The summed E-state index contributed by atoms with van der Waals surface area (Å²) >= 11 is 6.14. The Balaban J connectivity index is 1.52. The average Bonchev–Trinajstić information content (AvgIpc) is 3.17. The number of ether oxygens (including phenoxy) is 1. The number of amides is 1. The van der Waals surface area contributed by atoms with Crippen LogP contribution in [0.2, 0.25) is 5.02 Å².